The molecule has 2 nitrogen and oxygen atoms in total. The second-order valence-electron chi connectivity index (χ2n) is 5.75. The summed E-state index contributed by atoms with van der Waals surface area (Å²) in [5, 5.41) is 8.52. The molecule has 0 aromatic carbocycles. The third-order valence-electron chi connectivity index (χ3n) is 3.53. The average Bonchev–Trinajstić information content (AvgIpc) is 2.50. The molecule has 0 aromatic rings. The summed E-state index contributed by atoms with van der Waals surface area (Å²) in [6.07, 6.45) is 26.3. The van der Waals surface area contributed by atoms with Crippen molar-refractivity contribution in [3.8, 4) is 0 Å². The second kappa shape index (κ2) is 17.7. The van der Waals surface area contributed by atoms with Crippen LogP contribution in [0.15, 0.2) is 36.5 Å². The Kier molecular flexibility index (Phi) is 16.7. The molecular weight excluding hydrogens is 272 g/mol. The third kappa shape index (κ3) is 18.7. The number of hydrogen-bond acceptors (Lipinski definition) is 1. The Hall–Kier alpha value is -1.31. The molecule has 0 aliphatic heterocycles. The number of hydrogen-bond donors (Lipinski definition) is 1. The van der Waals surface area contributed by atoms with E-state index in [2.05, 4.69) is 43.4 Å². The molecule has 0 saturated heterocycles. The highest BCUT2D eigenvalue weighted by Crippen LogP contribution is 2.05. The number of rotatable bonds is 15. The maximum absolute atomic E-state index is 10.3. The molecule has 0 bridgehead atoms. The van der Waals surface area contributed by atoms with Crippen LogP contribution in [-0.4, -0.2) is 11.1 Å². The standard InChI is InChI=1S/C20H34O2/c1-2-3-4-5-6-7-8-9-10-11-12-13-14-15-16-17-18-19-20(21)22/h6-9,13-14H,2-5,10-12,15-19H2,1H3,(H,21,22). The molecule has 0 aliphatic rings. The molecule has 0 aromatic heterocycles. The molecule has 0 fully saturated rings. The quantitative estimate of drug-likeness (QED) is 0.215. The molecule has 0 unspecified atom stereocenters. The minimum atomic E-state index is -0.681. The molecule has 0 radical (unpaired) electrons. The minimum Gasteiger partial charge on any atom is -0.481 e. The zero-order chi connectivity index (χ0) is 16.3. The zero-order valence-corrected chi connectivity index (χ0v) is 14.3. The van der Waals surface area contributed by atoms with Gasteiger partial charge in [0, 0.05) is 6.42 Å². The number of carboxylic acids is 1. The van der Waals surface area contributed by atoms with Crippen LogP contribution in [-0.2, 0) is 4.79 Å². The molecule has 0 atom stereocenters. The fraction of sp³-hybridized carbons (Fsp3) is 0.650. The smallest absolute Gasteiger partial charge is 0.303 e. The molecular formula is C20H34O2. The van der Waals surface area contributed by atoms with Crippen molar-refractivity contribution in [2.75, 3.05) is 0 Å². The lowest BCUT2D eigenvalue weighted by Crippen LogP contribution is -1.93. The molecule has 2 heteroatoms. The summed E-state index contributed by atoms with van der Waals surface area (Å²) >= 11 is 0. The number of carboxylic acid groups (broad SMARTS) is 1. The predicted octanol–water partition coefficient (Wildman–Crippen LogP) is 6.44. The van der Waals surface area contributed by atoms with Crippen molar-refractivity contribution in [2.45, 2.75) is 84.0 Å². The number of allylic oxidation sites excluding steroid dienone is 6. The Balaban J connectivity index is 3.27. The van der Waals surface area contributed by atoms with Crippen LogP contribution in [0.4, 0.5) is 0 Å². The van der Waals surface area contributed by atoms with E-state index in [4.69, 9.17) is 5.11 Å². The summed E-state index contributed by atoms with van der Waals surface area (Å²) < 4.78 is 0. The topological polar surface area (TPSA) is 37.3 Å². The van der Waals surface area contributed by atoms with Crippen LogP contribution in [0.1, 0.15) is 84.0 Å². The summed E-state index contributed by atoms with van der Waals surface area (Å²) in [6.45, 7) is 2.23. The molecule has 0 heterocycles. The molecule has 126 valence electrons. The first-order valence-corrected chi connectivity index (χ1v) is 8.95. The molecule has 0 saturated carbocycles. The maximum Gasteiger partial charge on any atom is 0.303 e. The minimum absolute atomic E-state index is 0.309. The largest absolute Gasteiger partial charge is 0.481 e. The van der Waals surface area contributed by atoms with Gasteiger partial charge in [0.1, 0.15) is 0 Å². The summed E-state index contributed by atoms with van der Waals surface area (Å²) in [4.78, 5) is 10.3. The van der Waals surface area contributed by atoms with E-state index in [-0.39, 0.29) is 0 Å². The van der Waals surface area contributed by atoms with E-state index in [9.17, 15) is 4.79 Å². The van der Waals surface area contributed by atoms with E-state index in [1.165, 1.54) is 32.1 Å². The molecule has 1 N–H and O–H groups in total. The van der Waals surface area contributed by atoms with Crippen LogP contribution in [0.25, 0.3) is 0 Å². The van der Waals surface area contributed by atoms with Crippen molar-refractivity contribution in [2.24, 2.45) is 0 Å². The van der Waals surface area contributed by atoms with Crippen LogP contribution in [0.5, 0.6) is 0 Å². The Labute approximate surface area is 137 Å². The highest BCUT2D eigenvalue weighted by Gasteiger charge is 1.94. The van der Waals surface area contributed by atoms with Crippen molar-refractivity contribution >= 4 is 5.97 Å². The van der Waals surface area contributed by atoms with Crippen LogP contribution in [0, 0.1) is 0 Å². The van der Waals surface area contributed by atoms with Crippen LogP contribution in [0.3, 0.4) is 0 Å². The SMILES string of the molecule is CCCCCC=CC=CCCCC=CCCCCCC(=O)O. The fourth-order valence-electron chi connectivity index (χ4n) is 2.17. The Morgan fingerprint density at radius 3 is 1.91 bits per heavy atom. The van der Waals surface area contributed by atoms with Crippen molar-refractivity contribution < 1.29 is 9.90 Å². The van der Waals surface area contributed by atoms with Gasteiger partial charge in [-0.2, -0.15) is 0 Å². The van der Waals surface area contributed by atoms with Crippen molar-refractivity contribution in [1.29, 1.82) is 0 Å². The molecule has 0 aliphatic carbocycles. The van der Waals surface area contributed by atoms with Gasteiger partial charge in [0.25, 0.3) is 0 Å². The monoisotopic (exact) mass is 306 g/mol. The summed E-state index contributed by atoms with van der Waals surface area (Å²) in [6, 6.07) is 0. The van der Waals surface area contributed by atoms with Gasteiger partial charge >= 0.3 is 5.97 Å². The van der Waals surface area contributed by atoms with E-state index in [0.717, 1.165) is 38.5 Å². The van der Waals surface area contributed by atoms with E-state index >= 15 is 0 Å². The Bertz CT molecular complexity index is 327. The lowest BCUT2D eigenvalue weighted by Gasteiger charge is -1.95. The number of aliphatic carboxylic acids is 1. The Morgan fingerprint density at radius 2 is 1.27 bits per heavy atom. The predicted molar refractivity (Wildman–Crippen MR) is 96.1 cm³/mol. The van der Waals surface area contributed by atoms with Crippen LogP contribution >= 0.6 is 0 Å². The van der Waals surface area contributed by atoms with E-state index in [1.54, 1.807) is 0 Å². The van der Waals surface area contributed by atoms with Gasteiger partial charge in [0.05, 0.1) is 0 Å². The first-order chi connectivity index (χ1) is 10.8. The van der Waals surface area contributed by atoms with E-state index < -0.39 is 5.97 Å². The maximum atomic E-state index is 10.3. The second-order valence-corrected chi connectivity index (χ2v) is 5.75. The highest BCUT2D eigenvalue weighted by atomic mass is 16.4. The lowest BCUT2D eigenvalue weighted by molar-refractivity contribution is -0.137. The highest BCUT2D eigenvalue weighted by molar-refractivity contribution is 5.66. The van der Waals surface area contributed by atoms with Gasteiger partial charge in [-0.3, -0.25) is 4.79 Å². The van der Waals surface area contributed by atoms with Gasteiger partial charge in [-0.25, -0.2) is 0 Å². The van der Waals surface area contributed by atoms with Crippen molar-refractivity contribution in [3.63, 3.8) is 0 Å². The zero-order valence-electron chi connectivity index (χ0n) is 14.3. The van der Waals surface area contributed by atoms with Crippen LogP contribution in [0.2, 0.25) is 0 Å². The van der Waals surface area contributed by atoms with Gasteiger partial charge in [-0.05, 0) is 51.4 Å². The van der Waals surface area contributed by atoms with E-state index in [0.29, 0.717) is 6.42 Å². The first kappa shape index (κ1) is 20.7. The first-order valence-electron chi connectivity index (χ1n) is 8.95. The Morgan fingerprint density at radius 1 is 0.727 bits per heavy atom. The number of carbonyl (C=O) groups is 1. The van der Waals surface area contributed by atoms with E-state index in [1.807, 2.05) is 0 Å². The molecule has 22 heavy (non-hydrogen) atoms. The van der Waals surface area contributed by atoms with Gasteiger partial charge in [0.15, 0.2) is 0 Å². The third-order valence-corrected chi connectivity index (χ3v) is 3.53. The molecule has 0 amide bonds. The van der Waals surface area contributed by atoms with Gasteiger partial charge in [0.2, 0.25) is 0 Å². The van der Waals surface area contributed by atoms with Gasteiger partial charge in [-0.1, -0.05) is 62.6 Å². The number of unbranched alkanes of at least 4 members (excludes halogenated alkanes) is 8. The summed E-state index contributed by atoms with van der Waals surface area (Å²) in [5.41, 5.74) is 0. The van der Waals surface area contributed by atoms with Gasteiger partial charge < -0.3 is 5.11 Å². The molecule has 0 rings (SSSR count). The summed E-state index contributed by atoms with van der Waals surface area (Å²) in [7, 11) is 0. The average molecular weight is 306 g/mol. The normalized spacial score (nSPS) is 12.0. The van der Waals surface area contributed by atoms with Crippen molar-refractivity contribution in [1.82, 2.24) is 0 Å². The lowest BCUT2D eigenvalue weighted by atomic mass is 10.1. The van der Waals surface area contributed by atoms with Gasteiger partial charge in [-0.15, -0.1) is 0 Å². The van der Waals surface area contributed by atoms with Crippen molar-refractivity contribution in [3.05, 3.63) is 36.5 Å². The molecule has 0 spiro atoms. The fourth-order valence-corrected chi connectivity index (χ4v) is 2.17. The summed E-state index contributed by atoms with van der Waals surface area (Å²) in [5.74, 6) is -0.681. The van der Waals surface area contributed by atoms with Crippen LogP contribution < -0.4 is 0 Å².